The molecule has 0 saturated heterocycles. The highest BCUT2D eigenvalue weighted by molar-refractivity contribution is 9.11. The topological polar surface area (TPSA) is 107 Å². The smallest absolute Gasteiger partial charge is 0.311 e. The Morgan fingerprint density at radius 1 is 1.04 bits per heavy atom. The maximum absolute atomic E-state index is 11.7. The van der Waals surface area contributed by atoms with E-state index in [9.17, 15) is 18.0 Å². The minimum absolute atomic E-state index is 0.236. The number of halogens is 3. The molecule has 1 rings (SSSR count). The molecular formula is C12H11Br3O7S. The summed E-state index contributed by atoms with van der Waals surface area (Å²) in [6, 6.07) is 3.38. The predicted molar refractivity (Wildman–Crippen MR) is 91.8 cm³/mol. The van der Waals surface area contributed by atoms with Crippen molar-refractivity contribution in [3.8, 4) is 5.75 Å². The Morgan fingerprint density at radius 2 is 1.57 bits per heavy atom. The molecule has 0 spiro atoms. The van der Waals surface area contributed by atoms with Gasteiger partial charge in [0.25, 0.3) is 10.1 Å². The van der Waals surface area contributed by atoms with Crippen LogP contribution in [0, 0.1) is 0 Å². The number of benzene rings is 1. The lowest BCUT2D eigenvalue weighted by atomic mass is 10.3. The van der Waals surface area contributed by atoms with Crippen LogP contribution in [-0.2, 0) is 24.4 Å². The van der Waals surface area contributed by atoms with Crippen molar-refractivity contribution in [1.29, 1.82) is 0 Å². The highest BCUT2D eigenvalue weighted by Gasteiger charge is 2.15. The van der Waals surface area contributed by atoms with Gasteiger partial charge in [-0.05, 0) is 44.0 Å². The van der Waals surface area contributed by atoms with Gasteiger partial charge >= 0.3 is 11.9 Å². The van der Waals surface area contributed by atoms with Gasteiger partial charge in [-0.1, -0.05) is 15.9 Å². The summed E-state index contributed by atoms with van der Waals surface area (Å²) < 4.78 is 41.0. The van der Waals surface area contributed by atoms with E-state index >= 15 is 0 Å². The van der Waals surface area contributed by atoms with Gasteiger partial charge in [-0.2, -0.15) is 8.42 Å². The van der Waals surface area contributed by atoms with Crippen molar-refractivity contribution >= 4 is 69.8 Å². The summed E-state index contributed by atoms with van der Waals surface area (Å²) in [7, 11) is -4.19. The number of rotatable bonds is 7. The largest absolute Gasteiger partial charge is 0.464 e. The summed E-state index contributed by atoms with van der Waals surface area (Å²) in [4.78, 5) is 23.1. The van der Waals surface area contributed by atoms with Gasteiger partial charge < -0.3 is 9.47 Å². The molecule has 0 fully saturated rings. The number of esters is 2. The third-order valence-electron chi connectivity index (χ3n) is 2.32. The van der Waals surface area contributed by atoms with Crippen LogP contribution < -0.4 is 4.74 Å². The minimum atomic E-state index is -4.19. The second-order valence-electron chi connectivity index (χ2n) is 4.18. The van der Waals surface area contributed by atoms with Crippen molar-refractivity contribution in [1.82, 2.24) is 0 Å². The molecule has 0 aliphatic heterocycles. The lowest BCUT2D eigenvalue weighted by Gasteiger charge is -2.09. The van der Waals surface area contributed by atoms with Crippen LogP contribution in [0.15, 0.2) is 25.6 Å². The van der Waals surface area contributed by atoms with Crippen molar-refractivity contribution in [2.24, 2.45) is 0 Å². The van der Waals surface area contributed by atoms with Crippen LogP contribution in [0.4, 0.5) is 0 Å². The zero-order valence-electron chi connectivity index (χ0n) is 11.4. The van der Waals surface area contributed by atoms with Gasteiger partial charge in [0.15, 0.2) is 5.75 Å². The lowest BCUT2D eigenvalue weighted by Crippen LogP contribution is -2.16. The Hall–Kier alpha value is -0.490. The van der Waals surface area contributed by atoms with Gasteiger partial charge in [0.2, 0.25) is 0 Å². The SMILES string of the molecule is O=C(CCC(=O)Oc1c(Br)cc(Br)cc1Br)OCCS(=O)(=O)O. The molecule has 1 aromatic rings. The van der Waals surface area contributed by atoms with E-state index in [2.05, 4.69) is 52.5 Å². The second-order valence-corrected chi connectivity index (χ2v) is 8.38. The highest BCUT2D eigenvalue weighted by Crippen LogP contribution is 2.36. The molecule has 1 N–H and O–H groups in total. The summed E-state index contributed by atoms with van der Waals surface area (Å²) >= 11 is 9.78. The first-order valence-corrected chi connectivity index (χ1v) is 10.0. The van der Waals surface area contributed by atoms with Gasteiger partial charge in [-0.25, -0.2) is 0 Å². The summed E-state index contributed by atoms with van der Waals surface area (Å²) in [6.07, 6.45) is -0.504. The van der Waals surface area contributed by atoms with Crippen LogP contribution in [0.2, 0.25) is 0 Å². The summed E-state index contributed by atoms with van der Waals surface area (Å²) in [5.41, 5.74) is 0. The van der Waals surface area contributed by atoms with E-state index in [4.69, 9.17) is 9.29 Å². The molecule has 0 bridgehead atoms. The third-order valence-corrected chi connectivity index (χ3v) is 4.64. The Kier molecular flexibility index (Phi) is 8.14. The van der Waals surface area contributed by atoms with Gasteiger partial charge in [0.05, 0.1) is 21.8 Å². The Labute approximate surface area is 157 Å². The summed E-state index contributed by atoms with van der Waals surface area (Å²) in [5, 5.41) is 0. The van der Waals surface area contributed by atoms with Crippen molar-refractivity contribution in [3.63, 3.8) is 0 Å². The fourth-order valence-corrected chi connectivity index (χ4v) is 4.04. The van der Waals surface area contributed by atoms with Gasteiger partial charge in [0, 0.05) is 4.47 Å². The maximum atomic E-state index is 11.7. The molecule has 0 heterocycles. The van der Waals surface area contributed by atoms with Crippen LogP contribution in [-0.4, -0.2) is 37.3 Å². The average molecular weight is 539 g/mol. The average Bonchev–Trinajstić information content (AvgIpc) is 2.39. The molecule has 11 heteroatoms. The zero-order valence-corrected chi connectivity index (χ0v) is 17.0. The van der Waals surface area contributed by atoms with E-state index < -0.39 is 34.4 Å². The normalized spacial score (nSPS) is 11.1. The van der Waals surface area contributed by atoms with Gasteiger partial charge in [0.1, 0.15) is 12.4 Å². The summed E-state index contributed by atoms with van der Waals surface area (Å²) in [6.45, 7) is -0.476. The van der Waals surface area contributed by atoms with Crippen LogP contribution in [0.25, 0.3) is 0 Å². The molecule has 7 nitrogen and oxygen atoms in total. The molecule has 0 unspecified atom stereocenters. The number of carbonyl (C=O) groups is 2. The zero-order chi connectivity index (χ0) is 17.6. The first-order valence-electron chi connectivity index (χ1n) is 6.04. The molecule has 0 aliphatic carbocycles. The quantitative estimate of drug-likeness (QED) is 0.323. The molecule has 23 heavy (non-hydrogen) atoms. The molecule has 0 amide bonds. The Balaban J connectivity index is 2.45. The Bertz CT molecular complexity index is 680. The van der Waals surface area contributed by atoms with Gasteiger partial charge in [-0.15, -0.1) is 0 Å². The first kappa shape index (κ1) is 20.6. The first-order chi connectivity index (χ1) is 10.6. The van der Waals surface area contributed by atoms with E-state index in [1.807, 2.05) is 0 Å². The number of carbonyl (C=O) groups excluding carboxylic acids is 2. The van der Waals surface area contributed by atoms with Crippen molar-refractivity contribution in [2.75, 3.05) is 12.4 Å². The Morgan fingerprint density at radius 3 is 2.09 bits per heavy atom. The van der Waals surface area contributed by atoms with Crippen molar-refractivity contribution in [2.45, 2.75) is 12.8 Å². The monoisotopic (exact) mass is 536 g/mol. The number of hydrogen-bond acceptors (Lipinski definition) is 6. The number of ether oxygens (including phenoxy) is 2. The van der Waals surface area contributed by atoms with Crippen LogP contribution in [0.3, 0.4) is 0 Å². The van der Waals surface area contributed by atoms with Crippen LogP contribution in [0.5, 0.6) is 5.75 Å². The molecule has 0 saturated carbocycles. The molecule has 1 aromatic carbocycles. The molecule has 0 aliphatic rings. The molecule has 0 aromatic heterocycles. The fourth-order valence-electron chi connectivity index (χ4n) is 1.33. The lowest BCUT2D eigenvalue weighted by molar-refractivity contribution is -0.146. The standard InChI is InChI=1S/C12H11Br3O7S/c13-7-5-8(14)12(9(15)6-7)22-11(17)2-1-10(16)21-3-4-23(18,19)20/h5-6H,1-4H2,(H,18,19,20). The number of hydrogen-bond donors (Lipinski definition) is 1. The fraction of sp³-hybridized carbons (Fsp3) is 0.333. The molecule has 128 valence electrons. The molecule has 0 radical (unpaired) electrons. The second kappa shape index (κ2) is 9.11. The van der Waals surface area contributed by atoms with E-state index in [-0.39, 0.29) is 18.6 Å². The molecular weight excluding hydrogens is 528 g/mol. The van der Waals surface area contributed by atoms with Gasteiger partial charge in [-0.3, -0.25) is 14.1 Å². The van der Waals surface area contributed by atoms with Crippen LogP contribution in [0.1, 0.15) is 12.8 Å². The third kappa shape index (κ3) is 8.25. The van der Waals surface area contributed by atoms with E-state index in [0.717, 1.165) is 4.47 Å². The van der Waals surface area contributed by atoms with E-state index in [0.29, 0.717) is 8.95 Å². The predicted octanol–water partition coefficient (Wildman–Crippen LogP) is 3.09. The van der Waals surface area contributed by atoms with E-state index in [1.165, 1.54) is 0 Å². The minimum Gasteiger partial charge on any atom is -0.464 e. The van der Waals surface area contributed by atoms with Crippen molar-refractivity contribution < 1.29 is 32.0 Å². The maximum Gasteiger partial charge on any atom is 0.311 e. The highest BCUT2D eigenvalue weighted by atomic mass is 79.9. The van der Waals surface area contributed by atoms with Crippen molar-refractivity contribution in [3.05, 3.63) is 25.6 Å². The summed E-state index contributed by atoms with van der Waals surface area (Å²) in [5.74, 6) is -1.83. The van der Waals surface area contributed by atoms with E-state index in [1.54, 1.807) is 12.1 Å². The molecule has 0 atom stereocenters. The van der Waals surface area contributed by atoms with Crippen LogP contribution >= 0.6 is 47.8 Å².